The Balaban J connectivity index is 1.47. The van der Waals surface area contributed by atoms with Crippen molar-refractivity contribution in [2.45, 2.75) is 63.9 Å². The molecule has 3 rings (SSSR count). The van der Waals surface area contributed by atoms with Crippen molar-refractivity contribution in [3.05, 3.63) is 35.4 Å². The lowest BCUT2D eigenvalue weighted by Gasteiger charge is -2.31. The number of hydrogen-bond acceptors (Lipinski definition) is 3. The minimum atomic E-state index is -0.377. The summed E-state index contributed by atoms with van der Waals surface area (Å²) in [5.41, 5.74) is 7.95. The molecule has 1 unspecified atom stereocenters. The Morgan fingerprint density at radius 3 is 2.35 bits per heavy atom. The molecule has 1 heterocycles. The van der Waals surface area contributed by atoms with E-state index < -0.39 is 0 Å². The average Bonchev–Trinajstić information content (AvgIpc) is 2.72. The van der Waals surface area contributed by atoms with Crippen LogP contribution in [0.2, 0.25) is 0 Å². The second-order valence-corrected chi connectivity index (χ2v) is 8.14. The molecule has 1 aromatic rings. The number of nitrogens with zero attached hydrogens (tertiary/aromatic N) is 1. The van der Waals surface area contributed by atoms with Gasteiger partial charge in [-0.15, -0.1) is 0 Å². The molecule has 4 nitrogen and oxygen atoms in total. The maximum Gasteiger partial charge on any atom is 0.222 e. The van der Waals surface area contributed by atoms with Crippen molar-refractivity contribution in [3.8, 4) is 0 Å². The highest BCUT2D eigenvalue weighted by Crippen LogP contribution is 2.36. The zero-order chi connectivity index (χ0) is 18.4. The molecule has 0 aromatic heterocycles. The van der Waals surface area contributed by atoms with Crippen LogP contribution in [0.3, 0.4) is 0 Å². The Morgan fingerprint density at radius 2 is 1.73 bits per heavy atom. The summed E-state index contributed by atoms with van der Waals surface area (Å²) >= 11 is 0. The molecule has 1 saturated carbocycles. The number of aryl methyl sites for hydroxylation is 1. The number of carbonyl (C=O) groups excluding carboxylic acids is 1. The van der Waals surface area contributed by atoms with Crippen LogP contribution in [-0.2, 0) is 11.2 Å². The van der Waals surface area contributed by atoms with E-state index in [1.54, 1.807) is 0 Å². The van der Waals surface area contributed by atoms with E-state index in [-0.39, 0.29) is 12.0 Å². The summed E-state index contributed by atoms with van der Waals surface area (Å²) in [6, 6.07) is 8.24. The summed E-state index contributed by atoms with van der Waals surface area (Å²) in [7, 11) is 0. The van der Waals surface area contributed by atoms with Crippen LogP contribution in [0, 0.1) is 11.8 Å². The van der Waals surface area contributed by atoms with E-state index in [9.17, 15) is 9.90 Å². The fraction of sp³-hybridized carbons (Fsp3) is 0.682. The minimum absolute atomic E-state index is 0.283. The lowest BCUT2D eigenvalue weighted by atomic mass is 9.78. The van der Waals surface area contributed by atoms with Gasteiger partial charge >= 0.3 is 0 Å². The van der Waals surface area contributed by atoms with E-state index in [1.807, 2.05) is 17.0 Å². The molecule has 1 aliphatic carbocycles. The van der Waals surface area contributed by atoms with Crippen molar-refractivity contribution in [2.24, 2.45) is 17.6 Å². The monoisotopic (exact) mass is 358 g/mol. The predicted octanol–water partition coefficient (Wildman–Crippen LogP) is 3.43. The highest BCUT2D eigenvalue weighted by molar-refractivity contribution is 5.76. The maximum atomic E-state index is 12.3. The number of rotatable bonds is 6. The summed E-state index contributed by atoms with van der Waals surface area (Å²) in [6.45, 7) is 2.63. The smallest absolute Gasteiger partial charge is 0.222 e. The molecule has 1 aromatic carbocycles. The van der Waals surface area contributed by atoms with Gasteiger partial charge in [0.1, 0.15) is 0 Å². The summed E-state index contributed by atoms with van der Waals surface area (Å²) in [6.07, 6.45) is 8.93. The Kier molecular flexibility index (Phi) is 7.09. The maximum absolute atomic E-state index is 12.3. The SMILES string of the molecule is NCC1CCC(C(O)c2ccc(CCC(=O)N3CCCCC3)cc2)CC1. The van der Waals surface area contributed by atoms with Gasteiger partial charge in [0.15, 0.2) is 0 Å². The summed E-state index contributed by atoms with van der Waals surface area (Å²) in [5.74, 6) is 1.27. The number of carbonyl (C=O) groups is 1. The molecular weight excluding hydrogens is 324 g/mol. The van der Waals surface area contributed by atoms with Crippen molar-refractivity contribution in [1.29, 1.82) is 0 Å². The van der Waals surface area contributed by atoms with Gasteiger partial charge in [0.25, 0.3) is 0 Å². The molecule has 1 aliphatic heterocycles. The lowest BCUT2D eigenvalue weighted by molar-refractivity contribution is -0.132. The Hall–Kier alpha value is -1.39. The van der Waals surface area contributed by atoms with E-state index in [4.69, 9.17) is 5.73 Å². The number of nitrogens with two attached hydrogens (primary N) is 1. The molecule has 1 amide bonds. The van der Waals surface area contributed by atoms with Gasteiger partial charge in [-0.25, -0.2) is 0 Å². The third-order valence-corrected chi connectivity index (χ3v) is 6.33. The first-order valence-corrected chi connectivity index (χ1v) is 10.4. The van der Waals surface area contributed by atoms with Crippen LogP contribution in [-0.4, -0.2) is 35.5 Å². The molecular formula is C22H34N2O2. The van der Waals surface area contributed by atoms with Crippen LogP contribution in [0.5, 0.6) is 0 Å². The van der Waals surface area contributed by atoms with Gasteiger partial charge in [-0.1, -0.05) is 24.3 Å². The normalized spacial score (nSPS) is 25.1. The molecule has 0 radical (unpaired) electrons. The van der Waals surface area contributed by atoms with Gasteiger partial charge in [-0.05, 0) is 80.9 Å². The van der Waals surface area contributed by atoms with Crippen LogP contribution in [0.15, 0.2) is 24.3 Å². The van der Waals surface area contributed by atoms with Crippen LogP contribution in [0.25, 0.3) is 0 Å². The van der Waals surface area contributed by atoms with E-state index >= 15 is 0 Å². The molecule has 1 atom stereocenters. The number of benzene rings is 1. The second kappa shape index (κ2) is 9.52. The molecule has 1 saturated heterocycles. The number of aliphatic hydroxyl groups is 1. The van der Waals surface area contributed by atoms with Gasteiger partial charge < -0.3 is 15.7 Å². The van der Waals surface area contributed by atoms with Crippen LogP contribution < -0.4 is 5.73 Å². The van der Waals surface area contributed by atoms with E-state index in [0.29, 0.717) is 18.3 Å². The zero-order valence-corrected chi connectivity index (χ0v) is 15.9. The summed E-state index contributed by atoms with van der Waals surface area (Å²) < 4.78 is 0. The lowest BCUT2D eigenvalue weighted by Crippen LogP contribution is -2.35. The number of piperidine rings is 1. The van der Waals surface area contributed by atoms with Crippen LogP contribution in [0.4, 0.5) is 0 Å². The Morgan fingerprint density at radius 1 is 1.08 bits per heavy atom. The van der Waals surface area contributed by atoms with Gasteiger partial charge in [0, 0.05) is 19.5 Å². The molecule has 2 fully saturated rings. The van der Waals surface area contributed by atoms with E-state index in [2.05, 4.69) is 12.1 Å². The van der Waals surface area contributed by atoms with Gasteiger partial charge in [-0.2, -0.15) is 0 Å². The summed E-state index contributed by atoms with van der Waals surface area (Å²) in [5, 5.41) is 10.7. The summed E-state index contributed by atoms with van der Waals surface area (Å²) in [4.78, 5) is 14.3. The van der Waals surface area contributed by atoms with Crippen molar-refractivity contribution in [2.75, 3.05) is 19.6 Å². The largest absolute Gasteiger partial charge is 0.388 e. The van der Waals surface area contributed by atoms with Crippen molar-refractivity contribution in [3.63, 3.8) is 0 Å². The van der Waals surface area contributed by atoms with E-state index in [1.165, 1.54) is 12.0 Å². The third kappa shape index (κ3) is 5.08. The van der Waals surface area contributed by atoms with Gasteiger partial charge in [0.2, 0.25) is 5.91 Å². The average molecular weight is 359 g/mol. The Labute approximate surface area is 157 Å². The first kappa shape index (κ1) is 19.4. The predicted molar refractivity (Wildman–Crippen MR) is 105 cm³/mol. The van der Waals surface area contributed by atoms with Crippen molar-refractivity contribution in [1.82, 2.24) is 4.90 Å². The quantitative estimate of drug-likeness (QED) is 0.819. The fourth-order valence-electron chi connectivity index (χ4n) is 4.45. The third-order valence-electron chi connectivity index (χ3n) is 6.33. The van der Waals surface area contributed by atoms with Gasteiger partial charge in [-0.3, -0.25) is 4.79 Å². The first-order chi connectivity index (χ1) is 12.7. The zero-order valence-electron chi connectivity index (χ0n) is 15.9. The standard InChI is InChI=1S/C22H34N2O2/c23-16-18-6-11-20(12-7-18)22(26)19-9-4-17(5-10-19)8-13-21(25)24-14-2-1-3-15-24/h4-5,9-10,18,20,22,26H,1-3,6-8,11-16,23H2. The van der Waals surface area contributed by atoms with Crippen molar-refractivity contribution >= 4 is 5.91 Å². The number of aliphatic hydroxyl groups excluding tert-OH is 1. The highest BCUT2D eigenvalue weighted by atomic mass is 16.3. The minimum Gasteiger partial charge on any atom is -0.388 e. The number of hydrogen-bond donors (Lipinski definition) is 2. The van der Waals surface area contributed by atoms with Gasteiger partial charge in [0.05, 0.1) is 6.10 Å². The van der Waals surface area contributed by atoms with Crippen molar-refractivity contribution < 1.29 is 9.90 Å². The molecule has 4 heteroatoms. The number of likely N-dealkylation sites (tertiary alicyclic amines) is 1. The van der Waals surface area contributed by atoms with Crippen LogP contribution >= 0.6 is 0 Å². The Bertz CT molecular complexity index is 558. The molecule has 26 heavy (non-hydrogen) atoms. The van der Waals surface area contributed by atoms with E-state index in [0.717, 1.165) is 70.1 Å². The molecule has 0 spiro atoms. The molecule has 144 valence electrons. The highest BCUT2D eigenvalue weighted by Gasteiger charge is 2.26. The molecule has 3 N–H and O–H groups in total. The number of amides is 1. The molecule has 0 bridgehead atoms. The van der Waals surface area contributed by atoms with Crippen LogP contribution in [0.1, 0.15) is 68.6 Å². The topological polar surface area (TPSA) is 66.6 Å². The first-order valence-electron chi connectivity index (χ1n) is 10.4. The fourth-order valence-corrected chi connectivity index (χ4v) is 4.45. The molecule has 2 aliphatic rings. The second-order valence-electron chi connectivity index (χ2n) is 8.14.